The SMILES string of the molecule is NC(=O)c1c(O)cnc(N)c1C(F)F. The summed E-state index contributed by atoms with van der Waals surface area (Å²) in [5, 5.41) is 9.08. The molecule has 0 spiro atoms. The number of aromatic nitrogens is 1. The van der Waals surface area contributed by atoms with E-state index in [1.54, 1.807) is 0 Å². The van der Waals surface area contributed by atoms with Crippen molar-refractivity contribution >= 4 is 11.7 Å². The lowest BCUT2D eigenvalue weighted by Crippen LogP contribution is -2.16. The highest BCUT2D eigenvalue weighted by Crippen LogP contribution is 2.31. The van der Waals surface area contributed by atoms with Gasteiger partial charge in [-0.25, -0.2) is 13.8 Å². The topological polar surface area (TPSA) is 102 Å². The molecule has 0 aliphatic heterocycles. The molecule has 1 amide bonds. The van der Waals surface area contributed by atoms with Crippen molar-refractivity contribution in [2.24, 2.45) is 5.73 Å². The van der Waals surface area contributed by atoms with Crippen LogP contribution in [-0.2, 0) is 0 Å². The van der Waals surface area contributed by atoms with E-state index in [0.29, 0.717) is 0 Å². The number of primary amides is 1. The first-order valence-electron chi connectivity index (χ1n) is 3.50. The molecule has 14 heavy (non-hydrogen) atoms. The van der Waals surface area contributed by atoms with Gasteiger partial charge in [-0.2, -0.15) is 0 Å². The van der Waals surface area contributed by atoms with E-state index in [9.17, 15) is 13.6 Å². The molecule has 7 heteroatoms. The second kappa shape index (κ2) is 3.44. The lowest BCUT2D eigenvalue weighted by Gasteiger charge is -2.09. The fraction of sp³-hybridized carbons (Fsp3) is 0.143. The van der Waals surface area contributed by atoms with Gasteiger partial charge in [-0.1, -0.05) is 0 Å². The van der Waals surface area contributed by atoms with E-state index in [1.165, 1.54) is 0 Å². The molecule has 0 unspecified atom stereocenters. The number of hydrogen-bond acceptors (Lipinski definition) is 4. The van der Waals surface area contributed by atoms with Crippen LogP contribution in [0.3, 0.4) is 0 Å². The fourth-order valence-corrected chi connectivity index (χ4v) is 1.01. The average Bonchev–Trinajstić information content (AvgIpc) is 2.07. The van der Waals surface area contributed by atoms with Crippen LogP contribution in [0, 0.1) is 0 Å². The Labute approximate surface area is 77.3 Å². The van der Waals surface area contributed by atoms with Gasteiger partial charge in [0.05, 0.1) is 17.3 Å². The monoisotopic (exact) mass is 203 g/mol. The van der Waals surface area contributed by atoms with Crippen molar-refractivity contribution in [2.75, 3.05) is 5.73 Å². The van der Waals surface area contributed by atoms with Gasteiger partial charge in [-0.3, -0.25) is 4.79 Å². The molecule has 0 radical (unpaired) electrons. The van der Waals surface area contributed by atoms with E-state index in [0.717, 1.165) is 6.20 Å². The van der Waals surface area contributed by atoms with Gasteiger partial charge in [-0.15, -0.1) is 0 Å². The molecule has 0 aliphatic carbocycles. The van der Waals surface area contributed by atoms with Crippen molar-refractivity contribution in [3.63, 3.8) is 0 Å². The highest BCUT2D eigenvalue weighted by Gasteiger charge is 2.24. The second-order valence-corrected chi connectivity index (χ2v) is 2.48. The summed E-state index contributed by atoms with van der Waals surface area (Å²) in [5.74, 6) is -2.40. The van der Waals surface area contributed by atoms with E-state index in [4.69, 9.17) is 16.6 Å². The summed E-state index contributed by atoms with van der Waals surface area (Å²) in [7, 11) is 0. The number of nitrogen functional groups attached to an aromatic ring is 1. The number of anilines is 1. The van der Waals surface area contributed by atoms with Gasteiger partial charge in [-0.05, 0) is 0 Å². The molecule has 76 valence electrons. The van der Waals surface area contributed by atoms with Gasteiger partial charge < -0.3 is 16.6 Å². The van der Waals surface area contributed by atoms with Gasteiger partial charge in [0.15, 0.2) is 0 Å². The van der Waals surface area contributed by atoms with Crippen LogP contribution in [0.1, 0.15) is 22.3 Å². The van der Waals surface area contributed by atoms with Crippen LogP contribution >= 0.6 is 0 Å². The van der Waals surface area contributed by atoms with Gasteiger partial charge >= 0.3 is 0 Å². The predicted octanol–water partition coefficient (Wildman–Crippen LogP) is 0.406. The highest BCUT2D eigenvalue weighted by atomic mass is 19.3. The third-order valence-electron chi connectivity index (χ3n) is 1.59. The molecule has 0 bridgehead atoms. The van der Waals surface area contributed by atoms with Crippen LogP contribution in [0.2, 0.25) is 0 Å². The predicted molar refractivity (Wildman–Crippen MR) is 43.8 cm³/mol. The number of nitrogens with two attached hydrogens (primary N) is 2. The number of aromatic hydroxyl groups is 1. The Morgan fingerprint density at radius 2 is 2.14 bits per heavy atom. The Hall–Kier alpha value is -1.92. The van der Waals surface area contributed by atoms with Crippen LogP contribution in [0.25, 0.3) is 0 Å². The number of rotatable bonds is 2. The minimum absolute atomic E-state index is 0.522. The number of carbonyl (C=O) groups is 1. The standard InChI is InChI=1S/C7H7F2N3O2/c8-5(9)4-3(7(11)14)2(13)1-12-6(4)10/h1,5,13H,(H2,10,12)(H2,11,14). The Morgan fingerprint density at radius 3 is 2.50 bits per heavy atom. The summed E-state index contributed by atoms with van der Waals surface area (Å²) in [6.45, 7) is 0. The molecule has 0 atom stereocenters. The van der Waals surface area contributed by atoms with E-state index in [2.05, 4.69) is 4.98 Å². The van der Waals surface area contributed by atoms with Crippen molar-refractivity contribution in [3.8, 4) is 5.75 Å². The number of nitrogens with zero attached hydrogens (tertiary/aromatic N) is 1. The number of pyridine rings is 1. The lowest BCUT2D eigenvalue weighted by molar-refractivity contribution is 0.0982. The Balaban J connectivity index is 3.50. The molecule has 5 nitrogen and oxygen atoms in total. The molecular formula is C7H7F2N3O2. The maximum atomic E-state index is 12.4. The maximum Gasteiger partial charge on any atom is 0.268 e. The molecule has 0 aromatic carbocycles. The third kappa shape index (κ3) is 1.56. The zero-order valence-electron chi connectivity index (χ0n) is 6.87. The van der Waals surface area contributed by atoms with Gasteiger partial charge in [0.2, 0.25) is 0 Å². The molecular weight excluding hydrogens is 196 g/mol. The van der Waals surface area contributed by atoms with E-state index >= 15 is 0 Å². The zero-order valence-corrected chi connectivity index (χ0v) is 6.87. The van der Waals surface area contributed by atoms with Crippen molar-refractivity contribution < 1.29 is 18.7 Å². The zero-order chi connectivity index (χ0) is 10.9. The van der Waals surface area contributed by atoms with E-state index < -0.39 is 35.0 Å². The maximum absolute atomic E-state index is 12.4. The molecule has 1 rings (SSSR count). The highest BCUT2D eigenvalue weighted by molar-refractivity contribution is 5.98. The van der Waals surface area contributed by atoms with Gasteiger partial charge in [0.25, 0.3) is 12.3 Å². The van der Waals surface area contributed by atoms with Crippen molar-refractivity contribution in [1.29, 1.82) is 0 Å². The smallest absolute Gasteiger partial charge is 0.268 e. The Bertz CT molecular complexity index is 381. The second-order valence-electron chi connectivity index (χ2n) is 2.48. The van der Waals surface area contributed by atoms with Gasteiger partial charge in [0.1, 0.15) is 11.6 Å². The van der Waals surface area contributed by atoms with Crippen LogP contribution in [-0.4, -0.2) is 16.0 Å². The molecule has 1 aromatic heterocycles. The molecule has 0 saturated heterocycles. The number of hydrogen-bond donors (Lipinski definition) is 3. The third-order valence-corrected chi connectivity index (χ3v) is 1.59. The number of halogens is 2. The summed E-state index contributed by atoms with van der Waals surface area (Å²) in [6, 6.07) is 0. The molecule has 1 aromatic rings. The minimum atomic E-state index is -3.02. The minimum Gasteiger partial charge on any atom is -0.505 e. The Morgan fingerprint density at radius 1 is 1.57 bits per heavy atom. The largest absolute Gasteiger partial charge is 0.505 e. The molecule has 0 aliphatic rings. The van der Waals surface area contributed by atoms with Gasteiger partial charge in [0, 0.05) is 0 Å². The normalized spacial score (nSPS) is 10.5. The summed E-state index contributed by atoms with van der Waals surface area (Å²) < 4.78 is 24.8. The Kier molecular flexibility index (Phi) is 2.50. The average molecular weight is 203 g/mol. The number of amides is 1. The van der Waals surface area contributed by atoms with Crippen molar-refractivity contribution in [2.45, 2.75) is 6.43 Å². The first-order valence-corrected chi connectivity index (χ1v) is 3.50. The summed E-state index contributed by atoms with van der Waals surface area (Å²) in [6.07, 6.45) is -2.22. The van der Waals surface area contributed by atoms with Crippen LogP contribution in [0.4, 0.5) is 14.6 Å². The van der Waals surface area contributed by atoms with Crippen molar-refractivity contribution in [3.05, 3.63) is 17.3 Å². The number of alkyl halides is 2. The first kappa shape index (κ1) is 10.2. The van der Waals surface area contributed by atoms with E-state index in [-0.39, 0.29) is 0 Å². The molecule has 0 saturated carbocycles. The van der Waals surface area contributed by atoms with Crippen LogP contribution < -0.4 is 11.5 Å². The summed E-state index contributed by atoms with van der Waals surface area (Å²) in [4.78, 5) is 14.0. The summed E-state index contributed by atoms with van der Waals surface area (Å²) >= 11 is 0. The lowest BCUT2D eigenvalue weighted by atomic mass is 10.1. The summed E-state index contributed by atoms with van der Waals surface area (Å²) in [5.41, 5.74) is 8.40. The molecule has 5 N–H and O–H groups in total. The molecule has 0 fully saturated rings. The van der Waals surface area contributed by atoms with E-state index in [1.807, 2.05) is 0 Å². The molecule has 1 heterocycles. The fourth-order valence-electron chi connectivity index (χ4n) is 1.01. The van der Waals surface area contributed by atoms with Crippen LogP contribution in [0.5, 0.6) is 5.75 Å². The first-order chi connectivity index (χ1) is 6.45. The number of carbonyl (C=O) groups excluding carboxylic acids is 1. The quantitative estimate of drug-likeness (QED) is 0.647. The van der Waals surface area contributed by atoms with Crippen LogP contribution in [0.15, 0.2) is 6.20 Å². The van der Waals surface area contributed by atoms with Crippen molar-refractivity contribution in [1.82, 2.24) is 4.98 Å².